The summed E-state index contributed by atoms with van der Waals surface area (Å²) in [5.41, 5.74) is 2.21. The molecule has 0 saturated carbocycles. The topological polar surface area (TPSA) is 59.3 Å². The van der Waals surface area contributed by atoms with Crippen LogP contribution in [0.2, 0.25) is 5.02 Å². The fraction of sp³-hybridized carbons (Fsp3) is 0.150. The van der Waals surface area contributed by atoms with Crippen molar-refractivity contribution in [1.82, 2.24) is 19.9 Å². The molecule has 0 atom stereocenters. The highest BCUT2D eigenvalue weighted by Gasteiger charge is 2.15. The van der Waals surface area contributed by atoms with Gasteiger partial charge in [-0.25, -0.2) is 8.91 Å². The second kappa shape index (κ2) is 7.69. The maximum absolute atomic E-state index is 13.2. The lowest BCUT2D eigenvalue weighted by Crippen LogP contribution is -2.25. The number of fused-ring (bicyclic) bond motifs is 1. The van der Waals surface area contributed by atoms with Crippen molar-refractivity contribution in [3.05, 3.63) is 75.5 Å². The first-order valence-corrected chi connectivity index (χ1v) is 9.85. The van der Waals surface area contributed by atoms with Gasteiger partial charge in [-0.1, -0.05) is 29.0 Å². The largest absolute Gasteiger partial charge is 0.352 e. The molecule has 0 spiro atoms. The van der Waals surface area contributed by atoms with Gasteiger partial charge in [-0.3, -0.25) is 4.79 Å². The molecule has 0 saturated heterocycles. The number of aryl methyl sites for hydroxylation is 1. The molecule has 0 bridgehead atoms. The molecular weight excluding hydrogens is 399 g/mol. The Kier molecular flexibility index (Phi) is 5.11. The van der Waals surface area contributed by atoms with E-state index in [1.54, 1.807) is 17.4 Å². The molecule has 1 amide bonds. The quantitative estimate of drug-likeness (QED) is 0.522. The number of amides is 1. The summed E-state index contributed by atoms with van der Waals surface area (Å²) in [7, 11) is 0. The van der Waals surface area contributed by atoms with Crippen LogP contribution in [0.15, 0.2) is 48.5 Å². The molecule has 0 aliphatic heterocycles. The van der Waals surface area contributed by atoms with Crippen LogP contribution in [0.25, 0.3) is 16.3 Å². The minimum atomic E-state index is -0.425. The predicted molar refractivity (Wildman–Crippen MR) is 108 cm³/mol. The molecule has 0 radical (unpaired) electrons. The Morgan fingerprint density at radius 2 is 2.04 bits per heavy atom. The van der Waals surface area contributed by atoms with Gasteiger partial charge in [0.25, 0.3) is 5.91 Å². The van der Waals surface area contributed by atoms with Crippen molar-refractivity contribution < 1.29 is 9.18 Å². The van der Waals surface area contributed by atoms with E-state index in [9.17, 15) is 9.18 Å². The monoisotopic (exact) mass is 414 g/mol. The standard InChI is InChI=1S/C20H16ClFN4OS/c1-12-17(9-10-23-19(27)14-3-2-4-16(22)11-14)28-20-24-18(25-26(12)20)13-5-7-15(21)8-6-13/h2-8,11H,9-10H2,1H3,(H,23,27). The van der Waals surface area contributed by atoms with Crippen molar-refractivity contribution >= 4 is 33.8 Å². The van der Waals surface area contributed by atoms with Gasteiger partial charge in [0.1, 0.15) is 5.82 Å². The molecule has 0 fully saturated rings. The number of benzene rings is 2. The van der Waals surface area contributed by atoms with Gasteiger partial charge in [0.15, 0.2) is 5.82 Å². The summed E-state index contributed by atoms with van der Waals surface area (Å²) in [6, 6.07) is 13.0. The molecule has 0 aliphatic carbocycles. The maximum atomic E-state index is 13.2. The van der Waals surface area contributed by atoms with E-state index in [0.29, 0.717) is 29.4 Å². The maximum Gasteiger partial charge on any atom is 0.251 e. The number of hydrogen-bond donors (Lipinski definition) is 1. The number of halogens is 2. The molecule has 142 valence electrons. The summed E-state index contributed by atoms with van der Waals surface area (Å²) < 4.78 is 15.0. The van der Waals surface area contributed by atoms with Gasteiger partial charge in [-0.15, -0.1) is 5.10 Å². The summed E-state index contributed by atoms with van der Waals surface area (Å²) in [6.07, 6.45) is 0.652. The fourth-order valence-corrected chi connectivity index (χ4v) is 4.04. The van der Waals surface area contributed by atoms with Crippen LogP contribution in [0, 0.1) is 12.7 Å². The number of rotatable bonds is 5. The van der Waals surface area contributed by atoms with Crippen molar-refractivity contribution in [3.63, 3.8) is 0 Å². The molecule has 2 aromatic carbocycles. The van der Waals surface area contributed by atoms with Gasteiger partial charge in [-0.2, -0.15) is 4.98 Å². The molecule has 2 heterocycles. The van der Waals surface area contributed by atoms with Crippen LogP contribution in [-0.2, 0) is 6.42 Å². The molecule has 1 N–H and O–H groups in total. The van der Waals surface area contributed by atoms with Gasteiger partial charge < -0.3 is 5.32 Å². The number of nitrogens with one attached hydrogen (secondary N) is 1. The predicted octanol–water partition coefficient (Wildman–Crippen LogP) is 4.53. The average Bonchev–Trinajstić information content (AvgIpc) is 3.22. The smallest absolute Gasteiger partial charge is 0.251 e. The van der Waals surface area contributed by atoms with Gasteiger partial charge in [0.2, 0.25) is 4.96 Å². The first-order valence-electron chi connectivity index (χ1n) is 8.66. The average molecular weight is 415 g/mol. The summed E-state index contributed by atoms with van der Waals surface area (Å²) >= 11 is 7.47. The minimum absolute atomic E-state index is 0.290. The van der Waals surface area contributed by atoms with Gasteiger partial charge in [0.05, 0.1) is 5.69 Å². The van der Waals surface area contributed by atoms with Crippen LogP contribution >= 0.6 is 22.9 Å². The van der Waals surface area contributed by atoms with Crippen molar-refractivity contribution in [2.45, 2.75) is 13.3 Å². The first-order chi connectivity index (χ1) is 13.5. The van der Waals surface area contributed by atoms with Crippen LogP contribution in [0.3, 0.4) is 0 Å². The zero-order valence-corrected chi connectivity index (χ0v) is 16.5. The van der Waals surface area contributed by atoms with Gasteiger partial charge >= 0.3 is 0 Å². The molecular formula is C20H16ClFN4OS. The highest BCUT2D eigenvalue weighted by atomic mass is 35.5. The van der Waals surface area contributed by atoms with E-state index < -0.39 is 5.82 Å². The molecule has 8 heteroatoms. The highest BCUT2D eigenvalue weighted by Crippen LogP contribution is 2.25. The van der Waals surface area contributed by atoms with E-state index in [4.69, 9.17) is 11.6 Å². The summed E-state index contributed by atoms with van der Waals surface area (Å²) in [6.45, 7) is 2.43. The van der Waals surface area contributed by atoms with E-state index in [0.717, 1.165) is 21.1 Å². The van der Waals surface area contributed by atoms with Crippen molar-refractivity contribution in [2.24, 2.45) is 0 Å². The number of nitrogens with zero attached hydrogens (tertiary/aromatic N) is 3. The molecule has 28 heavy (non-hydrogen) atoms. The van der Waals surface area contributed by atoms with Crippen molar-refractivity contribution in [2.75, 3.05) is 6.54 Å². The van der Waals surface area contributed by atoms with E-state index in [1.807, 2.05) is 35.7 Å². The highest BCUT2D eigenvalue weighted by molar-refractivity contribution is 7.17. The molecule has 4 aromatic rings. The van der Waals surface area contributed by atoms with Gasteiger partial charge in [-0.05, 0) is 49.4 Å². The number of carbonyl (C=O) groups is 1. The molecule has 5 nitrogen and oxygen atoms in total. The summed E-state index contributed by atoms with van der Waals surface area (Å²) in [5, 5.41) is 8.07. The van der Waals surface area contributed by atoms with E-state index in [-0.39, 0.29) is 5.91 Å². The van der Waals surface area contributed by atoms with Crippen LogP contribution < -0.4 is 5.32 Å². The SMILES string of the molecule is Cc1c(CCNC(=O)c2cccc(F)c2)sc2nc(-c3ccc(Cl)cc3)nn12. The molecule has 2 aromatic heterocycles. The van der Waals surface area contributed by atoms with Crippen LogP contribution in [0.1, 0.15) is 20.9 Å². The van der Waals surface area contributed by atoms with Crippen LogP contribution in [0.4, 0.5) is 4.39 Å². The van der Waals surface area contributed by atoms with E-state index in [1.165, 1.54) is 18.2 Å². The molecule has 0 aliphatic rings. The first kappa shape index (κ1) is 18.6. The summed E-state index contributed by atoms with van der Waals surface area (Å²) in [5.74, 6) is -0.0656. The lowest BCUT2D eigenvalue weighted by atomic mass is 10.2. The second-order valence-electron chi connectivity index (χ2n) is 6.26. The minimum Gasteiger partial charge on any atom is -0.352 e. The Morgan fingerprint density at radius 1 is 1.25 bits per heavy atom. The Labute approximate surface area is 169 Å². The molecule has 0 unspecified atom stereocenters. The molecule has 4 rings (SSSR count). The van der Waals surface area contributed by atoms with Crippen molar-refractivity contribution in [1.29, 1.82) is 0 Å². The Morgan fingerprint density at radius 3 is 2.75 bits per heavy atom. The number of hydrogen-bond acceptors (Lipinski definition) is 4. The third-order valence-corrected chi connectivity index (χ3v) is 5.78. The summed E-state index contributed by atoms with van der Waals surface area (Å²) in [4.78, 5) is 18.6. The third kappa shape index (κ3) is 3.76. The van der Waals surface area contributed by atoms with Crippen LogP contribution in [-0.4, -0.2) is 27.0 Å². The zero-order valence-electron chi connectivity index (χ0n) is 14.9. The zero-order chi connectivity index (χ0) is 19.7. The Hall–Kier alpha value is -2.77. The van der Waals surface area contributed by atoms with Crippen molar-refractivity contribution in [3.8, 4) is 11.4 Å². The lowest BCUT2D eigenvalue weighted by Gasteiger charge is -2.05. The Balaban J connectivity index is 1.45. The number of thiazole rings is 1. The normalized spacial score (nSPS) is 11.1. The van der Waals surface area contributed by atoms with E-state index >= 15 is 0 Å². The van der Waals surface area contributed by atoms with Crippen LogP contribution in [0.5, 0.6) is 0 Å². The third-order valence-electron chi connectivity index (χ3n) is 4.34. The Bertz CT molecular complexity index is 1150. The number of carbonyl (C=O) groups excluding carboxylic acids is 1. The van der Waals surface area contributed by atoms with Gasteiger partial charge in [0, 0.05) is 34.0 Å². The fourth-order valence-electron chi connectivity index (χ4n) is 2.86. The second-order valence-corrected chi connectivity index (χ2v) is 7.76. The van der Waals surface area contributed by atoms with E-state index in [2.05, 4.69) is 15.4 Å². The lowest BCUT2D eigenvalue weighted by molar-refractivity contribution is 0.0953. The number of aromatic nitrogens is 3.